The van der Waals surface area contributed by atoms with Gasteiger partial charge < -0.3 is 15.5 Å². The van der Waals surface area contributed by atoms with Gasteiger partial charge >= 0.3 is 0 Å². The highest BCUT2D eigenvalue weighted by atomic mass is 16.1. The lowest BCUT2D eigenvalue weighted by atomic mass is 10.0. The third-order valence-corrected chi connectivity index (χ3v) is 4.27. The van der Waals surface area contributed by atoms with Gasteiger partial charge in [0.25, 0.3) is 0 Å². The third-order valence-electron chi connectivity index (χ3n) is 4.27. The SMILES string of the molecule is CC(C)N(C)CCCCNC(=O)C1CNc2ccccc21. The summed E-state index contributed by atoms with van der Waals surface area (Å²) in [7, 11) is 2.14. The molecule has 1 aliphatic heterocycles. The minimum absolute atomic E-state index is 0.0421. The van der Waals surface area contributed by atoms with Crippen molar-refractivity contribution in [2.45, 2.75) is 38.6 Å². The Labute approximate surface area is 127 Å². The van der Waals surface area contributed by atoms with Crippen LogP contribution in [0.5, 0.6) is 0 Å². The first-order valence-electron chi connectivity index (χ1n) is 7.90. The lowest BCUT2D eigenvalue weighted by Gasteiger charge is -2.20. The molecule has 1 unspecified atom stereocenters. The summed E-state index contributed by atoms with van der Waals surface area (Å²) in [5, 5.41) is 6.36. The van der Waals surface area contributed by atoms with Crippen LogP contribution in [0.1, 0.15) is 38.2 Å². The van der Waals surface area contributed by atoms with Crippen LogP contribution in [0.3, 0.4) is 0 Å². The fraction of sp³-hybridized carbons (Fsp3) is 0.588. The number of carbonyl (C=O) groups is 1. The number of rotatable bonds is 7. The monoisotopic (exact) mass is 289 g/mol. The summed E-state index contributed by atoms with van der Waals surface area (Å²) in [5.41, 5.74) is 2.21. The summed E-state index contributed by atoms with van der Waals surface area (Å²) < 4.78 is 0. The van der Waals surface area contributed by atoms with Gasteiger partial charge in [0.05, 0.1) is 5.92 Å². The van der Waals surface area contributed by atoms with Crippen molar-refractivity contribution < 1.29 is 4.79 Å². The molecule has 4 nitrogen and oxygen atoms in total. The molecule has 0 saturated heterocycles. The summed E-state index contributed by atoms with van der Waals surface area (Å²) in [6.45, 7) is 6.96. The van der Waals surface area contributed by atoms with Gasteiger partial charge in [0.1, 0.15) is 0 Å². The Morgan fingerprint density at radius 2 is 2.14 bits per heavy atom. The van der Waals surface area contributed by atoms with Crippen molar-refractivity contribution in [2.24, 2.45) is 0 Å². The molecule has 1 atom stereocenters. The van der Waals surface area contributed by atoms with Crippen LogP contribution >= 0.6 is 0 Å². The van der Waals surface area contributed by atoms with Gasteiger partial charge in [-0.3, -0.25) is 4.79 Å². The Bertz CT molecular complexity index is 473. The van der Waals surface area contributed by atoms with Crippen molar-refractivity contribution in [1.82, 2.24) is 10.2 Å². The molecule has 0 radical (unpaired) electrons. The molecule has 2 N–H and O–H groups in total. The Morgan fingerprint density at radius 3 is 2.90 bits per heavy atom. The zero-order valence-corrected chi connectivity index (χ0v) is 13.4. The second-order valence-electron chi connectivity index (χ2n) is 6.09. The average Bonchev–Trinajstić information content (AvgIpc) is 2.90. The first kappa shape index (κ1) is 15.8. The van der Waals surface area contributed by atoms with E-state index in [1.807, 2.05) is 24.3 Å². The summed E-state index contributed by atoms with van der Waals surface area (Å²) in [4.78, 5) is 14.6. The maximum absolute atomic E-state index is 12.3. The number of para-hydroxylation sites is 1. The number of hydrogen-bond acceptors (Lipinski definition) is 3. The first-order valence-corrected chi connectivity index (χ1v) is 7.90. The molecule has 0 fully saturated rings. The molecule has 1 amide bonds. The van der Waals surface area contributed by atoms with Crippen molar-refractivity contribution in [2.75, 3.05) is 32.0 Å². The van der Waals surface area contributed by atoms with Crippen LogP contribution in [0.4, 0.5) is 5.69 Å². The molecule has 1 aromatic carbocycles. The van der Waals surface area contributed by atoms with Gasteiger partial charge in [-0.05, 0) is 51.9 Å². The van der Waals surface area contributed by atoms with Crippen LogP contribution < -0.4 is 10.6 Å². The maximum Gasteiger partial charge on any atom is 0.229 e. The van der Waals surface area contributed by atoms with Crippen molar-refractivity contribution in [3.8, 4) is 0 Å². The van der Waals surface area contributed by atoms with E-state index < -0.39 is 0 Å². The van der Waals surface area contributed by atoms with Crippen LogP contribution in [0, 0.1) is 0 Å². The van der Waals surface area contributed by atoms with Gasteiger partial charge in [-0.25, -0.2) is 0 Å². The summed E-state index contributed by atoms with van der Waals surface area (Å²) in [5.74, 6) is 0.101. The number of fused-ring (bicyclic) bond motifs is 1. The normalized spacial score (nSPS) is 16.9. The van der Waals surface area contributed by atoms with Crippen LogP contribution in [0.2, 0.25) is 0 Å². The Balaban J connectivity index is 1.69. The van der Waals surface area contributed by atoms with Crippen LogP contribution in [0.25, 0.3) is 0 Å². The van der Waals surface area contributed by atoms with Gasteiger partial charge in [0, 0.05) is 24.8 Å². The van der Waals surface area contributed by atoms with Crippen molar-refractivity contribution in [3.05, 3.63) is 29.8 Å². The predicted molar refractivity (Wildman–Crippen MR) is 87.7 cm³/mol. The van der Waals surface area contributed by atoms with Gasteiger partial charge in [-0.2, -0.15) is 0 Å². The predicted octanol–water partition coefficient (Wildman–Crippen LogP) is 2.43. The summed E-state index contributed by atoms with van der Waals surface area (Å²) in [6.07, 6.45) is 2.15. The van der Waals surface area contributed by atoms with Gasteiger partial charge in [-0.1, -0.05) is 18.2 Å². The molecule has 116 valence electrons. The Hall–Kier alpha value is -1.55. The molecule has 0 saturated carbocycles. The quantitative estimate of drug-likeness (QED) is 0.758. The largest absolute Gasteiger partial charge is 0.384 e. The number of nitrogens with zero attached hydrogens (tertiary/aromatic N) is 1. The highest BCUT2D eigenvalue weighted by molar-refractivity contribution is 5.88. The Kier molecular flexibility index (Phi) is 5.62. The maximum atomic E-state index is 12.3. The van der Waals surface area contributed by atoms with E-state index >= 15 is 0 Å². The van der Waals surface area contributed by atoms with Crippen molar-refractivity contribution >= 4 is 11.6 Å². The van der Waals surface area contributed by atoms with E-state index in [4.69, 9.17) is 0 Å². The topological polar surface area (TPSA) is 44.4 Å². The molecular formula is C17H27N3O. The number of amides is 1. The molecule has 1 heterocycles. The van der Waals surface area contributed by atoms with E-state index in [2.05, 4.69) is 36.4 Å². The zero-order valence-electron chi connectivity index (χ0n) is 13.4. The number of unbranched alkanes of at least 4 members (excludes halogenated alkanes) is 1. The van der Waals surface area contributed by atoms with Crippen LogP contribution in [-0.4, -0.2) is 43.5 Å². The molecular weight excluding hydrogens is 262 g/mol. The molecule has 4 heteroatoms. The molecule has 1 aliphatic rings. The molecule has 0 aliphatic carbocycles. The van der Waals surface area contributed by atoms with E-state index in [1.165, 1.54) is 0 Å². The minimum Gasteiger partial charge on any atom is -0.384 e. The Morgan fingerprint density at radius 1 is 1.38 bits per heavy atom. The molecule has 21 heavy (non-hydrogen) atoms. The summed E-state index contributed by atoms with van der Waals surface area (Å²) >= 11 is 0. The van der Waals surface area contributed by atoms with Gasteiger partial charge in [0.2, 0.25) is 5.91 Å². The lowest BCUT2D eigenvalue weighted by molar-refractivity contribution is -0.122. The fourth-order valence-electron chi connectivity index (χ4n) is 2.60. The second-order valence-corrected chi connectivity index (χ2v) is 6.09. The van der Waals surface area contributed by atoms with Crippen LogP contribution in [-0.2, 0) is 4.79 Å². The highest BCUT2D eigenvalue weighted by Gasteiger charge is 2.27. The second kappa shape index (κ2) is 7.46. The standard InChI is InChI=1S/C17H27N3O/c1-13(2)20(3)11-7-6-10-18-17(21)15-12-19-16-9-5-4-8-14(15)16/h4-5,8-9,13,15,19H,6-7,10-12H2,1-3H3,(H,18,21). The molecule has 0 spiro atoms. The molecule has 1 aromatic rings. The number of anilines is 1. The highest BCUT2D eigenvalue weighted by Crippen LogP contribution is 2.30. The lowest BCUT2D eigenvalue weighted by Crippen LogP contribution is -2.32. The number of nitrogens with one attached hydrogen (secondary N) is 2. The zero-order chi connectivity index (χ0) is 15.2. The number of hydrogen-bond donors (Lipinski definition) is 2. The number of benzene rings is 1. The first-order chi connectivity index (χ1) is 10.1. The van der Waals surface area contributed by atoms with E-state index in [-0.39, 0.29) is 11.8 Å². The van der Waals surface area contributed by atoms with Gasteiger partial charge in [-0.15, -0.1) is 0 Å². The molecule has 0 aromatic heterocycles. The molecule has 2 rings (SSSR count). The third kappa shape index (κ3) is 4.21. The average molecular weight is 289 g/mol. The fourth-order valence-corrected chi connectivity index (χ4v) is 2.60. The van der Waals surface area contributed by atoms with Gasteiger partial charge in [0.15, 0.2) is 0 Å². The molecule has 0 bridgehead atoms. The van der Waals surface area contributed by atoms with Crippen LogP contribution in [0.15, 0.2) is 24.3 Å². The van der Waals surface area contributed by atoms with Crippen molar-refractivity contribution in [1.29, 1.82) is 0 Å². The van der Waals surface area contributed by atoms with Crippen molar-refractivity contribution in [3.63, 3.8) is 0 Å². The van der Waals surface area contributed by atoms with E-state index in [1.54, 1.807) is 0 Å². The minimum atomic E-state index is -0.0421. The van der Waals surface area contributed by atoms with E-state index in [0.29, 0.717) is 12.6 Å². The summed E-state index contributed by atoms with van der Waals surface area (Å²) in [6, 6.07) is 8.65. The van der Waals surface area contributed by atoms with E-state index in [0.717, 1.165) is 37.2 Å². The smallest absolute Gasteiger partial charge is 0.229 e. The van der Waals surface area contributed by atoms with E-state index in [9.17, 15) is 4.79 Å². The number of carbonyl (C=O) groups excluding carboxylic acids is 1.